The zero-order valence-corrected chi connectivity index (χ0v) is 14.3. The molecule has 1 aliphatic rings. The fraction of sp³-hybridized carbons (Fsp3) is 0.312. The lowest BCUT2D eigenvalue weighted by atomic mass is 10.2. The van der Waals surface area contributed by atoms with Crippen LogP contribution in [0.15, 0.2) is 36.5 Å². The highest BCUT2D eigenvalue weighted by Crippen LogP contribution is 2.15. The lowest BCUT2D eigenvalue weighted by Crippen LogP contribution is -2.25. The monoisotopic (exact) mass is 408 g/mol. The van der Waals surface area contributed by atoms with Crippen LogP contribution in [0.5, 0.6) is 0 Å². The number of anilines is 1. The molecule has 1 fully saturated rings. The Bertz CT molecular complexity index is 671. The molecule has 0 unspecified atom stereocenters. The summed E-state index contributed by atoms with van der Waals surface area (Å²) in [4.78, 5) is 23.2. The summed E-state index contributed by atoms with van der Waals surface area (Å²) in [5, 5.41) is 2.91. The average Bonchev–Trinajstić information content (AvgIpc) is 3.07. The number of amides is 1. The second-order valence-electron chi connectivity index (χ2n) is 5.24. The van der Waals surface area contributed by atoms with Crippen molar-refractivity contribution in [1.29, 1.82) is 0 Å². The molecule has 0 aliphatic carbocycles. The van der Waals surface area contributed by atoms with Crippen molar-refractivity contribution in [3.8, 4) is 0 Å². The second kappa shape index (κ2) is 7.04. The van der Waals surface area contributed by atoms with Crippen molar-refractivity contribution in [1.82, 2.24) is 15.3 Å². The van der Waals surface area contributed by atoms with Gasteiger partial charge in [-0.15, -0.1) is 0 Å². The Balaban J connectivity index is 1.63. The first-order valence-corrected chi connectivity index (χ1v) is 8.41. The van der Waals surface area contributed by atoms with E-state index in [0.29, 0.717) is 12.1 Å². The summed E-state index contributed by atoms with van der Waals surface area (Å²) in [5.41, 5.74) is 1.50. The first-order valence-electron chi connectivity index (χ1n) is 7.33. The molecule has 1 saturated heterocycles. The van der Waals surface area contributed by atoms with Gasteiger partial charge in [-0.05, 0) is 59.7 Å². The highest BCUT2D eigenvalue weighted by atomic mass is 127. The van der Waals surface area contributed by atoms with E-state index in [2.05, 4.69) is 42.8 Å². The number of nitrogens with one attached hydrogen (secondary N) is 1. The first kappa shape index (κ1) is 15.2. The summed E-state index contributed by atoms with van der Waals surface area (Å²) in [6.07, 6.45) is 4.14. The molecular formula is C16H17IN4O. The van der Waals surface area contributed by atoms with E-state index in [-0.39, 0.29) is 5.91 Å². The van der Waals surface area contributed by atoms with E-state index in [4.69, 9.17) is 0 Å². The number of hydrogen-bond acceptors (Lipinski definition) is 4. The average molecular weight is 408 g/mol. The Morgan fingerprint density at radius 1 is 1.27 bits per heavy atom. The quantitative estimate of drug-likeness (QED) is 0.791. The van der Waals surface area contributed by atoms with Crippen LogP contribution in [0.4, 0.5) is 5.95 Å². The third kappa shape index (κ3) is 3.73. The minimum Gasteiger partial charge on any atom is -0.346 e. The Morgan fingerprint density at radius 3 is 2.86 bits per heavy atom. The molecule has 0 atom stereocenters. The molecule has 6 heteroatoms. The topological polar surface area (TPSA) is 58.1 Å². The summed E-state index contributed by atoms with van der Waals surface area (Å²) in [5.74, 6) is 0.679. The van der Waals surface area contributed by atoms with Crippen molar-refractivity contribution < 1.29 is 4.79 Å². The van der Waals surface area contributed by atoms with Crippen LogP contribution in [0.1, 0.15) is 28.9 Å². The molecule has 0 radical (unpaired) electrons. The fourth-order valence-corrected chi connectivity index (χ4v) is 3.00. The molecule has 5 nitrogen and oxygen atoms in total. The molecular weight excluding hydrogens is 391 g/mol. The summed E-state index contributed by atoms with van der Waals surface area (Å²) in [6, 6.07) is 9.37. The van der Waals surface area contributed by atoms with Crippen LogP contribution in [0.3, 0.4) is 0 Å². The number of aromatic nitrogens is 2. The van der Waals surface area contributed by atoms with Crippen molar-refractivity contribution in [3.05, 3.63) is 51.4 Å². The van der Waals surface area contributed by atoms with Gasteiger partial charge in [0.2, 0.25) is 5.95 Å². The molecule has 1 amide bonds. The van der Waals surface area contributed by atoms with Gasteiger partial charge in [0.1, 0.15) is 0 Å². The van der Waals surface area contributed by atoms with Crippen LogP contribution in [0, 0.1) is 3.57 Å². The van der Waals surface area contributed by atoms with Gasteiger partial charge in [0.25, 0.3) is 5.91 Å². The highest BCUT2D eigenvalue weighted by Gasteiger charge is 2.15. The molecule has 1 aromatic carbocycles. The van der Waals surface area contributed by atoms with Gasteiger partial charge in [0.15, 0.2) is 0 Å². The normalized spacial score (nSPS) is 14.1. The molecule has 3 rings (SSSR count). The van der Waals surface area contributed by atoms with E-state index in [9.17, 15) is 4.79 Å². The zero-order valence-electron chi connectivity index (χ0n) is 12.1. The minimum atomic E-state index is -0.0835. The van der Waals surface area contributed by atoms with Crippen LogP contribution in [-0.4, -0.2) is 29.0 Å². The molecule has 1 aromatic heterocycles. The molecule has 1 N–H and O–H groups in total. The van der Waals surface area contributed by atoms with Crippen LogP contribution >= 0.6 is 22.6 Å². The van der Waals surface area contributed by atoms with Crippen molar-refractivity contribution in [3.63, 3.8) is 0 Å². The van der Waals surface area contributed by atoms with Crippen LogP contribution in [-0.2, 0) is 6.54 Å². The van der Waals surface area contributed by atoms with E-state index in [1.165, 1.54) is 12.8 Å². The summed E-state index contributed by atoms with van der Waals surface area (Å²) >= 11 is 2.20. The maximum atomic E-state index is 12.1. The Hall–Kier alpha value is -1.70. The molecule has 2 aromatic rings. The fourth-order valence-electron chi connectivity index (χ4n) is 2.46. The molecule has 22 heavy (non-hydrogen) atoms. The maximum Gasteiger partial charge on any atom is 0.251 e. The Kier molecular flexibility index (Phi) is 4.87. The summed E-state index contributed by atoms with van der Waals surface area (Å²) < 4.78 is 1.05. The van der Waals surface area contributed by atoms with E-state index in [1.54, 1.807) is 6.20 Å². The number of carbonyl (C=O) groups is 1. The van der Waals surface area contributed by atoms with E-state index in [1.807, 2.05) is 30.3 Å². The zero-order chi connectivity index (χ0) is 15.4. The molecule has 0 saturated carbocycles. The summed E-state index contributed by atoms with van der Waals surface area (Å²) in [6.45, 7) is 2.43. The predicted octanol–water partition coefficient (Wildman–Crippen LogP) is 2.61. The van der Waals surface area contributed by atoms with Gasteiger partial charge in [-0.2, -0.15) is 0 Å². The largest absolute Gasteiger partial charge is 0.346 e. The van der Waals surface area contributed by atoms with Crippen LogP contribution in [0.2, 0.25) is 0 Å². The molecule has 0 spiro atoms. The number of nitrogens with zero attached hydrogens (tertiary/aromatic N) is 3. The molecule has 2 heterocycles. The summed E-state index contributed by atoms with van der Waals surface area (Å²) in [7, 11) is 0. The molecule has 1 aliphatic heterocycles. The molecule has 0 bridgehead atoms. The number of carbonyl (C=O) groups excluding carboxylic acids is 1. The third-order valence-corrected chi connectivity index (χ3v) is 4.28. The maximum absolute atomic E-state index is 12.1. The smallest absolute Gasteiger partial charge is 0.251 e. The van der Waals surface area contributed by atoms with Gasteiger partial charge in [-0.1, -0.05) is 6.07 Å². The van der Waals surface area contributed by atoms with E-state index in [0.717, 1.165) is 28.3 Å². The lowest BCUT2D eigenvalue weighted by molar-refractivity contribution is 0.0950. The second-order valence-corrected chi connectivity index (χ2v) is 6.48. The number of benzene rings is 1. The highest BCUT2D eigenvalue weighted by molar-refractivity contribution is 14.1. The lowest BCUT2D eigenvalue weighted by Gasteiger charge is -2.15. The van der Waals surface area contributed by atoms with Gasteiger partial charge in [0, 0.05) is 28.4 Å². The van der Waals surface area contributed by atoms with Gasteiger partial charge in [0.05, 0.1) is 12.2 Å². The van der Waals surface area contributed by atoms with Crippen LogP contribution in [0.25, 0.3) is 0 Å². The van der Waals surface area contributed by atoms with Crippen LogP contribution < -0.4 is 10.2 Å². The minimum absolute atomic E-state index is 0.0835. The molecule has 114 valence electrons. The third-order valence-electron chi connectivity index (χ3n) is 3.61. The van der Waals surface area contributed by atoms with Gasteiger partial charge in [-0.25, -0.2) is 9.97 Å². The van der Waals surface area contributed by atoms with Crippen molar-refractivity contribution >= 4 is 34.4 Å². The first-order chi connectivity index (χ1) is 10.7. The number of hydrogen-bond donors (Lipinski definition) is 1. The predicted molar refractivity (Wildman–Crippen MR) is 93.8 cm³/mol. The van der Waals surface area contributed by atoms with Gasteiger partial charge < -0.3 is 10.2 Å². The van der Waals surface area contributed by atoms with E-state index >= 15 is 0 Å². The standard InChI is InChI=1S/C16H17IN4O/c17-13-5-3-4-12(10-13)15(22)19-11-14-6-7-18-16(20-14)21-8-1-2-9-21/h3-7,10H,1-2,8-9,11H2,(H,19,22). The van der Waals surface area contributed by atoms with Crippen molar-refractivity contribution in [2.45, 2.75) is 19.4 Å². The number of rotatable bonds is 4. The van der Waals surface area contributed by atoms with Gasteiger partial charge >= 0.3 is 0 Å². The van der Waals surface area contributed by atoms with E-state index < -0.39 is 0 Å². The van der Waals surface area contributed by atoms with Crippen molar-refractivity contribution in [2.75, 3.05) is 18.0 Å². The Labute approximate surface area is 143 Å². The number of halogens is 1. The SMILES string of the molecule is O=C(NCc1ccnc(N2CCCC2)n1)c1cccc(I)c1. The van der Waals surface area contributed by atoms with Gasteiger partial charge in [-0.3, -0.25) is 4.79 Å². The Morgan fingerprint density at radius 2 is 2.09 bits per heavy atom. The van der Waals surface area contributed by atoms with Crippen molar-refractivity contribution in [2.24, 2.45) is 0 Å².